The summed E-state index contributed by atoms with van der Waals surface area (Å²) in [5.74, 6) is -0.947. The molecule has 1 aromatic rings. The van der Waals surface area contributed by atoms with Crippen LogP contribution in [-0.2, 0) is 4.79 Å². The van der Waals surface area contributed by atoms with E-state index in [0.717, 1.165) is 0 Å². The molecule has 1 atom stereocenters. The number of carbonyl (C=O) groups is 2. The molecule has 5 nitrogen and oxygen atoms in total. The number of primary amides is 1. The summed E-state index contributed by atoms with van der Waals surface area (Å²) in [5, 5.41) is 4.15. The maximum atomic E-state index is 11.5. The van der Waals surface area contributed by atoms with Gasteiger partial charge in [-0.2, -0.15) is 0 Å². The Bertz CT molecular complexity index is 361. The van der Waals surface area contributed by atoms with Gasteiger partial charge in [-0.25, -0.2) is 0 Å². The largest absolute Gasteiger partial charge is 0.397 e. The second-order valence-electron chi connectivity index (χ2n) is 2.80. The van der Waals surface area contributed by atoms with E-state index in [1.54, 1.807) is 11.4 Å². The van der Waals surface area contributed by atoms with Gasteiger partial charge in [0.05, 0.1) is 5.69 Å². The molecule has 1 unspecified atom stereocenters. The molecule has 0 aliphatic heterocycles. The summed E-state index contributed by atoms with van der Waals surface area (Å²) in [7, 11) is 0. The molecule has 5 N–H and O–H groups in total. The monoisotopic (exact) mass is 213 g/mol. The van der Waals surface area contributed by atoms with Crippen LogP contribution in [0.3, 0.4) is 0 Å². The van der Waals surface area contributed by atoms with Crippen molar-refractivity contribution >= 4 is 28.8 Å². The molecule has 1 heterocycles. The summed E-state index contributed by atoms with van der Waals surface area (Å²) < 4.78 is 0. The van der Waals surface area contributed by atoms with Gasteiger partial charge in [0.2, 0.25) is 5.91 Å². The fraction of sp³-hybridized carbons (Fsp3) is 0.250. The second-order valence-corrected chi connectivity index (χ2v) is 3.72. The quantitative estimate of drug-likeness (QED) is 0.655. The molecule has 0 spiro atoms. The van der Waals surface area contributed by atoms with E-state index >= 15 is 0 Å². The van der Waals surface area contributed by atoms with E-state index < -0.39 is 11.9 Å². The molecular formula is C8H11N3O2S. The van der Waals surface area contributed by atoms with Crippen LogP contribution in [0.4, 0.5) is 5.69 Å². The van der Waals surface area contributed by atoms with E-state index in [4.69, 9.17) is 11.5 Å². The number of hydrogen-bond acceptors (Lipinski definition) is 4. The van der Waals surface area contributed by atoms with Crippen molar-refractivity contribution in [2.75, 3.05) is 5.73 Å². The van der Waals surface area contributed by atoms with Crippen molar-refractivity contribution in [3.8, 4) is 0 Å². The molecule has 1 rings (SSSR count). The van der Waals surface area contributed by atoms with Crippen LogP contribution in [0.1, 0.15) is 16.6 Å². The van der Waals surface area contributed by atoms with Crippen LogP contribution in [0, 0.1) is 0 Å². The van der Waals surface area contributed by atoms with Gasteiger partial charge in [-0.3, -0.25) is 9.59 Å². The molecule has 0 saturated heterocycles. The van der Waals surface area contributed by atoms with E-state index in [-0.39, 0.29) is 5.91 Å². The van der Waals surface area contributed by atoms with Gasteiger partial charge in [0, 0.05) is 0 Å². The van der Waals surface area contributed by atoms with E-state index in [1.165, 1.54) is 18.3 Å². The molecule has 1 aromatic heterocycles. The first-order valence-electron chi connectivity index (χ1n) is 3.95. The van der Waals surface area contributed by atoms with E-state index in [0.29, 0.717) is 10.6 Å². The molecule has 0 aliphatic rings. The van der Waals surface area contributed by atoms with E-state index in [1.807, 2.05) is 0 Å². The fourth-order valence-electron chi connectivity index (χ4n) is 0.837. The highest BCUT2D eigenvalue weighted by Gasteiger charge is 2.16. The zero-order chi connectivity index (χ0) is 10.7. The Morgan fingerprint density at radius 3 is 2.64 bits per heavy atom. The third-order valence-corrected chi connectivity index (χ3v) is 2.61. The van der Waals surface area contributed by atoms with Gasteiger partial charge in [0.15, 0.2) is 0 Å². The SMILES string of the molecule is CC(NC(=O)c1sccc1N)C(N)=O. The molecular weight excluding hydrogens is 202 g/mol. The molecule has 0 aliphatic carbocycles. The number of nitrogens with one attached hydrogen (secondary N) is 1. The van der Waals surface area contributed by atoms with Crippen molar-refractivity contribution in [2.24, 2.45) is 5.73 Å². The molecule has 0 bridgehead atoms. The minimum absolute atomic E-state index is 0.371. The Labute approximate surface area is 85.1 Å². The molecule has 6 heteroatoms. The Morgan fingerprint density at radius 1 is 1.57 bits per heavy atom. The maximum absolute atomic E-state index is 11.5. The van der Waals surface area contributed by atoms with Gasteiger partial charge in [-0.1, -0.05) is 0 Å². The van der Waals surface area contributed by atoms with Crippen LogP contribution in [0.2, 0.25) is 0 Å². The molecule has 0 aromatic carbocycles. The van der Waals surface area contributed by atoms with Crippen molar-refractivity contribution in [1.29, 1.82) is 0 Å². The van der Waals surface area contributed by atoms with E-state index in [9.17, 15) is 9.59 Å². The Morgan fingerprint density at radius 2 is 2.21 bits per heavy atom. The predicted octanol–water partition coefficient (Wildman–Crippen LogP) is -0.0661. The number of anilines is 1. The van der Waals surface area contributed by atoms with Crippen LogP contribution < -0.4 is 16.8 Å². The zero-order valence-electron chi connectivity index (χ0n) is 7.61. The fourth-order valence-corrected chi connectivity index (χ4v) is 1.56. The third kappa shape index (κ3) is 2.23. The van der Waals surface area contributed by atoms with Gasteiger partial charge in [0.1, 0.15) is 10.9 Å². The number of amides is 2. The molecule has 0 radical (unpaired) electrons. The summed E-state index contributed by atoms with van der Waals surface area (Å²) in [5.41, 5.74) is 10.9. The number of rotatable bonds is 3. The first kappa shape index (κ1) is 10.5. The number of thiophene rings is 1. The first-order chi connectivity index (χ1) is 6.52. The average molecular weight is 213 g/mol. The van der Waals surface area contributed by atoms with Crippen molar-refractivity contribution in [2.45, 2.75) is 13.0 Å². The minimum atomic E-state index is -0.691. The molecule has 76 valence electrons. The van der Waals surface area contributed by atoms with Crippen molar-refractivity contribution < 1.29 is 9.59 Å². The van der Waals surface area contributed by atoms with Gasteiger partial charge >= 0.3 is 0 Å². The Balaban J connectivity index is 2.69. The first-order valence-corrected chi connectivity index (χ1v) is 4.83. The number of hydrogen-bond donors (Lipinski definition) is 3. The van der Waals surface area contributed by atoms with Crippen LogP contribution in [-0.4, -0.2) is 17.9 Å². The standard InChI is InChI=1S/C8H11N3O2S/c1-4(7(10)12)11-8(13)6-5(9)2-3-14-6/h2-4H,9H2,1H3,(H2,10,12)(H,11,13). The number of nitrogens with two attached hydrogens (primary N) is 2. The lowest BCUT2D eigenvalue weighted by atomic mass is 10.3. The normalized spacial score (nSPS) is 12.1. The maximum Gasteiger partial charge on any atom is 0.264 e. The van der Waals surface area contributed by atoms with Gasteiger partial charge in [-0.05, 0) is 18.4 Å². The Hall–Kier alpha value is -1.56. The summed E-state index contributed by atoms with van der Waals surface area (Å²) in [6.45, 7) is 1.52. The summed E-state index contributed by atoms with van der Waals surface area (Å²) >= 11 is 1.22. The summed E-state index contributed by atoms with van der Waals surface area (Å²) in [6.07, 6.45) is 0. The minimum Gasteiger partial charge on any atom is -0.397 e. The smallest absolute Gasteiger partial charge is 0.264 e. The van der Waals surface area contributed by atoms with Crippen LogP contribution in [0.25, 0.3) is 0 Å². The summed E-state index contributed by atoms with van der Waals surface area (Å²) in [6, 6.07) is 0.943. The lowest BCUT2D eigenvalue weighted by Crippen LogP contribution is -2.42. The third-order valence-electron chi connectivity index (χ3n) is 1.68. The van der Waals surface area contributed by atoms with Crippen LogP contribution in [0.15, 0.2) is 11.4 Å². The van der Waals surface area contributed by atoms with Gasteiger partial charge in [0.25, 0.3) is 5.91 Å². The molecule has 14 heavy (non-hydrogen) atoms. The molecule has 0 fully saturated rings. The highest BCUT2D eigenvalue weighted by molar-refractivity contribution is 7.12. The van der Waals surface area contributed by atoms with E-state index in [2.05, 4.69) is 5.32 Å². The second kappa shape index (κ2) is 4.10. The number of nitrogen functional groups attached to an aromatic ring is 1. The van der Waals surface area contributed by atoms with Gasteiger partial charge < -0.3 is 16.8 Å². The topological polar surface area (TPSA) is 98.2 Å². The lowest BCUT2D eigenvalue weighted by Gasteiger charge is -2.08. The van der Waals surface area contributed by atoms with Crippen LogP contribution >= 0.6 is 11.3 Å². The number of carbonyl (C=O) groups excluding carboxylic acids is 2. The van der Waals surface area contributed by atoms with Crippen LogP contribution in [0.5, 0.6) is 0 Å². The highest BCUT2D eigenvalue weighted by Crippen LogP contribution is 2.18. The molecule has 0 saturated carbocycles. The zero-order valence-corrected chi connectivity index (χ0v) is 8.43. The average Bonchev–Trinajstić information content (AvgIpc) is 2.51. The summed E-state index contributed by atoms with van der Waals surface area (Å²) in [4.78, 5) is 22.5. The molecule has 2 amide bonds. The lowest BCUT2D eigenvalue weighted by molar-refractivity contribution is -0.119. The predicted molar refractivity (Wildman–Crippen MR) is 54.9 cm³/mol. The van der Waals surface area contributed by atoms with Crippen molar-refractivity contribution in [3.05, 3.63) is 16.3 Å². The van der Waals surface area contributed by atoms with Crippen molar-refractivity contribution in [1.82, 2.24) is 5.32 Å². The van der Waals surface area contributed by atoms with Crippen molar-refractivity contribution in [3.63, 3.8) is 0 Å². The highest BCUT2D eigenvalue weighted by atomic mass is 32.1. The van der Waals surface area contributed by atoms with Gasteiger partial charge in [-0.15, -0.1) is 11.3 Å². The Kier molecular flexibility index (Phi) is 3.08.